The van der Waals surface area contributed by atoms with Crippen molar-refractivity contribution in [3.8, 4) is 17.2 Å². The Bertz CT molecular complexity index is 1380. The number of ether oxygens (including phenoxy) is 5. The number of benzene rings is 2. The van der Waals surface area contributed by atoms with Crippen LogP contribution in [0.2, 0.25) is 0 Å². The Balaban J connectivity index is 1.65. The van der Waals surface area contributed by atoms with Crippen LogP contribution in [0.15, 0.2) is 42.5 Å². The quantitative estimate of drug-likeness (QED) is 0.0541. The first-order valence-electron chi connectivity index (χ1n) is 17.5. The Hall–Kier alpha value is -3.22. The highest BCUT2D eigenvalue weighted by Crippen LogP contribution is 2.55. The van der Waals surface area contributed by atoms with Crippen molar-refractivity contribution in [3.05, 3.63) is 53.6 Å². The summed E-state index contributed by atoms with van der Waals surface area (Å²) in [6.07, 6.45) is -1.08. The molecular formula is C38H51F5O7S. The molecule has 51 heavy (non-hydrogen) atoms. The van der Waals surface area contributed by atoms with Crippen molar-refractivity contribution in [2.45, 2.75) is 107 Å². The summed E-state index contributed by atoms with van der Waals surface area (Å²) in [7, 11) is 3.26. The molecule has 2 aromatic rings. The summed E-state index contributed by atoms with van der Waals surface area (Å²) in [6.45, 7) is 3.38. The normalized spacial score (nSPS) is 17.6. The number of carbonyl (C=O) groups is 2. The molecule has 2 aromatic carbocycles. The van der Waals surface area contributed by atoms with Crippen LogP contribution in [0, 0.1) is 5.41 Å². The van der Waals surface area contributed by atoms with Gasteiger partial charge in [-0.3, -0.25) is 9.59 Å². The van der Waals surface area contributed by atoms with Crippen molar-refractivity contribution in [3.63, 3.8) is 0 Å². The van der Waals surface area contributed by atoms with E-state index in [0.717, 1.165) is 60.5 Å². The van der Waals surface area contributed by atoms with Gasteiger partial charge in [-0.2, -0.15) is 22.0 Å². The fraction of sp³-hybridized carbons (Fsp3) is 0.632. The van der Waals surface area contributed by atoms with Crippen molar-refractivity contribution in [2.75, 3.05) is 40.3 Å². The molecule has 0 fully saturated rings. The summed E-state index contributed by atoms with van der Waals surface area (Å²) in [4.78, 5) is 26.1. The Morgan fingerprint density at radius 1 is 0.784 bits per heavy atom. The van der Waals surface area contributed by atoms with E-state index in [1.54, 1.807) is 26.0 Å². The molecule has 2 atom stereocenters. The van der Waals surface area contributed by atoms with Crippen LogP contribution >= 0.6 is 11.8 Å². The molecule has 1 heterocycles. The number of hydrogen-bond donors (Lipinski definition) is 0. The van der Waals surface area contributed by atoms with Gasteiger partial charge in [0.1, 0.15) is 23.9 Å². The predicted octanol–water partition coefficient (Wildman–Crippen LogP) is 10.0. The van der Waals surface area contributed by atoms with Gasteiger partial charge >= 0.3 is 24.0 Å². The molecule has 0 saturated heterocycles. The zero-order valence-corrected chi connectivity index (χ0v) is 31.0. The van der Waals surface area contributed by atoms with E-state index in [-0.39, 0.29) is 30.3 Å². The number of alkyl halides is 5. The zero-order valence-electron chi connectivity index (χ0n) is 30.2. The van der Waals surface area contributed by atoms with Crippen molar-refractivity contribution in [1.82, 2.24) is 0 Å². The molecule has 1 aliphatic heterocycles. The van der Waals surface area contributed by atoms with Crippen LogP contribution in [0.1, 0.15) is 102 Å². The Kier molecular flexibility index (Phi) is 15.7. The molecule has 2 unspecified atom stereocenters. The van der Waals surface area contributed by atoms with Crippen LogP contribution in [-0.2, 0) is 23.8 Å². The van der Waals surface area contributed by atoms with Crippen LogP contribution in [0.3, 0.4) is 0 Å². The number of rotatable bonds is 21. The zero-order chi connectivity index (χ0) is 37.7. The lowest BCUT2D eigenvalue weighted by atomic mass is 9.76. The van der Waals surface area contributed by atoms with Crippen LogP contribution < -0.4 is 14.2 Å². The minimum Gasteiger partial charge on any atom is -0.497 e. The third kappa shape index (κ3) is 10.2. The maximum atomic E-state index is 13.7. The molecule has 0 radical (unpaired) electrons. The molecule has 0 saturated carbocycles. The van der Waals surface area contributed by atoms with E-state index >= 15 is 0 Å². The van der Waals surface area contributed by atoms with Gasteiger partial charge in [0.25, 0.3) is 0 Å². The summed E-state index contributed by atoms with van der Waals surface area (Å²) < 4.78 is 92.9. The molecule has 286 valence electrons. The minimum absolute atomic E-state index is 0.0668. The largest absolute Gasteiger partial charge is 0.497 e. The third-order valence-corrected chi connectivity index (χ3v) is 11.1. The van der Waals surface area contributed by atoms with Crippen LogP contribution in [-0.4, -0.2) is 64.3 Å². The predicted molar refractivity (Wildman–Crippen MR) is 187 cm³/mol. The first kappa shape index (κ1) is 42.2. The molecule has 0 amide bonds. The second kappa shape index (κ2) is 19.0. The van der Waals surface area contributed by atoms with E-state index in [1.165, 1.54) is 13.8 Å². The smallest absolute Gasteiger partial charge is 0.453 e. The maximum absolute atomic E-state index is 13.7. The summed E-state index contributed by atoms with van der Waals surface area (Å²) in [5.41, 5.74) is 0.320. The average molecular weight is 747 g/mol. The van der Waals surface area contributed by atoms with Crippen molar-refractivity contribution in [1.29, 1.82) is 0 Å². The number of thioether (sulfide) groups is 1. The fourth-order valence-electron chi connectivity index (χ4n) is 6.85. The Morgan fingerprint density at radius 2 is 1.33 bits per heavy atom. The van der Waals surface area contributed by atoms with Gasteiger partial charge in [-0.05, 0) is 75.1 Å². The first-order valence-corrected chi connectivity index (χ1v) is 18.8. The van der Waals surface area contributed by atoms with Crippen LogP contribution in [0.4, 0.5) is 22.0 Å². The number of carbonyl (C=O) groups excluding carboxylic acids is 2. The number of halogens is 5. The van der Waals surface area contributed by atoms with Gasteiger partial charge in [-0.1, -0.05) is 56.7 Å². The van der Waals surface area contributed by atoms with E-state index < -0.39 is 48.7 Å². The molecule has 0 aromatic heterocycles. The molecule has 0 aliphatic carbocycles. The van der Waals surface area contributed by atoms with Gasteiger partial charge in [0.05, 0.1) is 32.2 Å². The average Bonchev–Trinajstić information content (AvgIpc) is 3.11. The topological polar surface area (TPSA) is 80.3 Å². The molecular weight excluding hydrogens is 695 g/mol. The van der Waals surface area contributed by atoms with E-state index in [2.05, 4.69) is 24.5 Å². The van der Waals surface area contributed by atoms with E-state index in [4.69, 9.17) is 23.7 Å². The summed E-state index contributed by atoms with van der Waals surface area (Å²) in [5.74, 6) is -4.39. The Labute approximate surface area is 302 Å². The molecule has 3 rings (SSSR count). The summed E-state index contributed by atoms with van der Waals surface area (Å²) in [6, 6.07) is 14.1. The van der Waals surface area contributed by atoms with Gasteiger partial charge in [0, 0.05) is 18.4 Å². The highest BCUT2D eigenvalue weighted by atomic mass is 32.2. The Morgan fingerprint density at radius 3 is 1.88 bits per heavy atom. The van der Waals surface area contributed by atoms with Gasteiger partial charge in [-0.25, -0.2) is 0 Å². The molecule has 13 heteroatoms. The van der Waals surface area contributed by atoms with Crippen molar-refractivity contribution >= 4 is 23.7 Å². The second-order valence-electron chi connectivity index (χ2n) is 12.8. The lowest BCUT2D eigenvalue weighted by molar-refractivity contribution is -0.284. The first-order chi connectivity index (χ1) is 24.2. The lowest BCUT2D eigenvalue weighted by Crippen LogP contribution is -2.43. The second-order valence-corrected chi connectivity index (χ2v) is 13.9. The minimum atomic E-state index is -5.72. The van der Waals surface area contributed by atoms with E-state index in [1.807, 2.05) is 24.3 Å². The van der Waals surface area contributed by atoms with E-state index in [9.17, 15) is 31.5 Å². The number of unbranched alkanes of at least 4 members (excludes halogenated alkanes) is 5. The number of hydrogen-bond acceptors (Lipinski definition) is 8. The van der Waals surface area contributed by atoms with Crippen LogP contribution in [0.5, 0.6) is 17.2 Å². The van der Waals surface area contributed by atoms with Gasteiger partial charge in [0.2, 0.25) is 0 Å². The number of esters is 2. The van der Waals surface area contributed by atoms with Crippen molar-refractivity contribution < 1.29 is 55.2 Å². The standard InChI is InChI=1S/C38H51F5O7S/c1-6-48-33(44)35(34(45)49-7-2,23-14-24-37(39,40)38(41,42)43)22-13-11-9-8-10-12-15-31-30-21-20-29(47-4)25-32(30)50-26-36(31,51-5)27-16-18-28(46-3)19-17-27/h16-21,25,31H,6-15,22-24,26H2,1-5H3. The van der Waals surface area contributed by atoms with E-state index in [0.29, 0.717) is 19.4 Å². The number of fused-ring (bicyclic) bond motifs is 1. The summed E-state index contributed by atoms with van der Waals surface area (Å²) >= 11 is 1.77. The monoisotopic (exact) mass is 746 g/mol. The van der Waals surface area contributed by atoms with Gasteiger partial charge in [-0.15, -0.1) is 11.8 Å². The van der Waals surface area contributed by atoms with Gasteiger partial charge < -0.3 is 23.7 Å². The molecule has 7 nitrogen and oxygen atoms in total. The van der Waals surface area contributed by atoms with Crippen LogP contribution in [0.25, 0.3) is 0 Å². The van der Waals surface area contributed by atoms with Gasteiger partial charge in [0.15, 0.2) is 5.41 Å². The number of methoxy groups -OCH3 is 2. The third-order valence-electron chi connectivity index (χ3n) is 9.73. The highest BCUT2D eigenvalue weighted by Gasteiger charge is 2.57. The fourth-order valence-corrected chi connectivity index (χ4v) is 7.93. The molecule has 1 aliphatic rings. The lowest BCUT2D eigenvalue weighted by Gasteiger charge is -2.44. The SMILES string of the molecule is CCOC(=O)C(CCCCCCCCC1c2ccc(OC)cc2OCC1(SC)c1ccc(OC)cc1)(CCCC(F)(F)C(F)(F)F)C(=O)OCC. The maximum Gasteiger partial charge on any atom is 0.453 e. The van der Waals surface area contributed by atoms with Crippen molar-refractivity contribution in [2.24, 2.45) is 5.41 Å². The highest BCUT2D eigenvalue weighted by molar-refractivity contribution is 7.99. The molecule has 0 spiro atoms. The molecule has 0 bridgehead atoms. The summed E-state index contributed by atoms with van der Waals surface area (Å²) in [5, 5.41) is 0. The molecule has 0 N–H and O–H groups in total.